The summed E-state index contributed by atoms with van der Waals surface area (Å²) in [7, 11) is 0. The number of ether oxygens (including phenoxy) is 1. The number of hydrogen-bond donors (Lipinski definition) is 1. The molecule has 0 aromatic carbocycles. The molecule has 0 aliphatic carbocycles. The van der Waals surface area contributed by atoms with Crippen LogP contribution in [0.4, 0.5) is 0 Å². The molecule has 0 bridgehead atoms. The Morgan fingerprint density at radius 2 is 2.08 bits per heavy atom. The van der Waals surface area contributed by atoms with Gasteiger partial charge in [-0.05, 0) is 24.7 Å². The van der Waals surface area contributed by atoms with Gasteiger partial charge in [0.1, 0.15) is 0 Å². The highest BCUT2D eigenvalue weighted by Crippen LogP contribution is 2.27. The van der Waals surface area contributed by atoms with Crippen molar-refractivity contribution in [1.29, 1.82) is 0 Å². The summed E-state index contributed by atoms with van der Waals surface area (Å²) in [6.07, 6.45) is 2.79. The fourth-order valence-corrected chi connectivity index (χ4v) is 1.88. The molecule has 0 amide bonds. The van der Waals surface area contributed by atoms with E-state index in [1.54, 1.807) is 0 Å². The van der Waals surface area contributed by atoms with Crippen LogP contribution < -0.4 is 0 Å². The molecule has 1 heterocycles. The first-order chi connectivity index (χ1) is 5.61. The SMILES string of the molecule is CC(C)C(S)C1C[C@H](C)CCO1. The van der Waals surface area contributed by atoms with Crippen LogP contribution in [0.3, 0.4) is 0 Å². The van der Waals surface area contributed by atoms with Crippen molar-refractivity contribution in [3.8, 4) is 0 Å². The highest BCUT2D eigenvalue weighted by molar-refractivity contribution is 7.81. The second-order valence-electron chi connectivity index (χ2n) is 4.27. The van der Waals surface area contributed by atoms with Gasteiger partial charge in [0.15, 0.2) is 0 Å². The normalized spacial score (nSPS) is 33.8. The van der Waals surface area contributed by atoms with Gasteiger partial charge in [0.25, 0.3) is 0 Å². The summed E-state index contributed by atoms with van der Waals surface area (Å²) in [4.78, 5) is 0. The van der Waals surface area contributed by atoms with Crippen molar-refractivity contribution in [2.75, 3.05) is 6.61 Å². The Kier molecular flexibility index (Phi) is 3.91. The lowest BCUT2D eigenvalue weighted by Crippen LogP contribution is -2.34. The minimum absolute atomic E-state index is 0.386. The maximum absolute atomic E-state index is 5.70. The topological polar surface area (TPSA) is 9.23 Å². The zero-order valence-electron chi connectivity index (χ0n) is 8.29. The Balaban J connectivity index is 2.40. The van der Waals surface area contributed by atoms with Crippen molar-refractivity contribution in [3.05, 3.63) is 0 Å². The molecular weight excluding hydrogens is 168 g/mol. The fourth-order valence-electron chi connectivity index (χ4n) is 1.67. The van der Waals surface area contributed by atoms with Gasteiger partial charge in [0.2, 0.25) is 0 Å². The number of rotatable bonds is 2. The Bertz CT molecular complexity index is 136. The van der Waals surface area contributed by atoms with E-state index < -0.39 is 0 Å². The average molecular weight is 188 g/mol. The quantitative estimate of drug-likeness (QED) is 0.656. The van der Waals surface area contributed by atoms with Gasteiger partial charge in [-0.1, -0.05) is 20.8 Å². The van der Waals surface area contributed by atoms with Crippen molar-refractivity contribution in [1.82, 2.24) is 0 Å². The lowest BCUT2D eigenvalue weighted by atomic mass is 9.92. The Morgan fingerprint density at radius 3 is 2.58 bits per heavy atom. The van der Waals surface area contributed by atoms with Crippen LogP contribution in [0.2, 0.25) is 0 Å². The maximum atomic E-state index is 5.70. The molecule has 2 heteroatoms. The lowest BCUT2D eigenvalue weighted by Gasteiger charge is -2.32. The molecule has 0 aromatic rings. The van der Waals surface area contributed by atoms with Crippen LogP contribution in [0.1, 0.15) is 33.6 Å². The van der Waals surface area contributed by atoms with E-state index in [2.05, 4.69) is 33.4 Å². The van der Waals surface area contributed by atoms with Crippen LogP contribution in [0.5, 0.6) is 0 Å². The molecule has 1 saturated heterocycles. The monoisotopic (exact) mass is 188 g/mol. The van der Waals surface area contributed by atoms with Crippen LogP contribution in [-0.4, -0.2) is 18.0 Å². The molecule has 72 valence electrons. The number of hydrogen-bond acceptors (Lipinski definition) is 2. The van der Waals surface area contributed by atoms with Crippen LogP contribution >= 0.6 is 12.6 Å². The van der Waals surface area contributed by atoms with Crippen molar-refractivity contribution in [2.45, 2.75) is 45.0 Å². The molecular formula is C10H20OS. The van der Waals surface area contributed by atoms with Gasteiger partial charge in [0.05, 0.1) is 6.10 Å². The summed E-state index contributed by atoms with van der Waals surface area (Å²) >= 11 is 4.58. The maximum Gasteiger partial charge on any atom is 0.0696 e. The Morgan fingerprint density at radius 1 is 1.42 bits per heavy atom. The zero-order chi connectivity index (χ0) is 9.14. The van der Waals surface area contributed by atoms with E-state index in [4.69, 9.17) is 4.74 Å². The molecule has 1 aliphatic rings. The third-order valence-corrected chi connectivity index (χ3v) is 3.57. The molecule has 2 unspecified atom stereocenters. The van der Waals surface area contributed by atoms with Crippen molar-refractivity contribution >= 4 is 12.6 Å². The summed E-state index contributed by atoms with van der Waals surface area (Å²) in [5.74, 6) is 1.43. The molecule has 0 radical (unpaired) electrons. The van der Waals surface area contributed by atoms with Crippen LogP contribution in [0.25, 0.3) is 0 Å². The standard InChI is InChI=1S/C10H20OS/c1-7(2)10(12)9-6-8(3)4-5-11-9/h7-10,12H,4-6H2,1-3H3/t8-,9?,10?/m1/s1. The number of thiol groups is 1. The van der Waals surface area contributed by atoms with Gasteiger partial charge in [-0.2, -0.15) is 12.6 Å². The van der Waals surface area contributed by atoms with Gasteiger partial charge in [-0.25, -0.2) is 0 Å². The summed E-state index contributed by atoms with van der Waals surface area (Å²) in [5, 5.41) is 0.410. The Hall–Kier alpha value is 0.310. The van der Waals surface area contributed by atoms with E-state index in [1.807, 2.05) is 0 Å². The van der Waals surface area contributed by atoms with Crippen LogP contribution in [0.15, 0.2) is 0 Å². The molecule has 1 nitrogen and oxygen atoms in total. The lowest BCUT2D eigenvalue weighted by molar-refractivity contribution is -0.0111. The van der Waals surface area contributed by atoms with Crippen molar-refractivity contribution < 1.29 is 4.74 Å². The van der Waals surface area contributed by atoms with Crippen molar-refractivity contribution in [3.63, 3.8) is 0 Å². The summed E-state index contributed by atoms with van der Waals surface area (Å²) < 4.78 is 5.70. The van der Waals surface area contributed by atoms with Crippen LogP contribution in [-0.2, 0) is 4.74 Å². The molecule has 1 rings (SSSR count). The second-order valence-corrected chi connectivity index (χ2v) is 4.87. The van der Waals surface area contributed by atoms with E-state index in [-0.39, 0.29) is 0 Å². The summed E-state index contributed by atoms with van der Waals surface area (Å²) in [6, 6.07) is 0. The van der Waals surface area contributed by atoms with E-state index in [1.165, 1.54) is 12.8 Å². The third-order valence-electron chi connectivity index (χ3n) is 2.64. The van der Waals surface area contributed by atoms with Gasteiger partial charge in [0, 0.05) is 11.9 Å². The van der Waals surface area contributed by atoms with Gasteiger partial charge >= 0.3 is 0 Å². The zero-order valence-corrected chi connectivity index (χ0v) is 9.18. The van der Waals surface area contributed by atoms with E-state index in [0.717, 1.165) is 12.5 Å². The fraction of sp³-hybridized carbons (Fsp3) is 1.00. The molecule has 1 fully saturated rings. The molecule has 3 atom stereocenters. The molecule has 1 aliphatic heterocycles. The third kappa shape index (κ3) is 2.67. The largest absolute Gasteiger partial charge is 0.377 e. The minimum atomic E-state index is 0.386. The highest BCUT2D eigenvalue weighted by atomic mass is 32.1. The molecule has 0 aromatic heterocycles. The molecule has 0 saturated carbocycles. The highest BCUT2D eigenvalue weighted by Gasteiger charge is 2.26. The van der Waals surface area contributed by atoms with Gasteiger partial charge < -0.3 is 4.74 Å². The molecule has 12 heavy (non-hydrogen) atoms. The minimum Gasteiger partial charge on any atom is -0.377 e. The van der Waals surface area contributed by atoms with Gasteiger partial charge in [-0.15, -0.1) is 0 Å². The summed E-state index contributed by atoms with van der Waals surface area (Å²) in [5.41, 5.74) is 0. The predicted molar refractivity (Wildman–Crippen MR) is 55.8 cm³/mol. The van der Waals surface area contributed by atoms with E-state index >= 15 is 0 Å². The van der Waals surface area contributed by atoms with E-state index in [9.17, 15) is 0 Å². The summed E-state index contributed by atoms with van der Waals surface area (Å²) in [6.45, 7) is 7.65. The van der Waals surface area contributed by atoms with Crippen LogP contribution in [0, 0.1) is 11.8 Å². The second kappa shape index (κ2) is 4.52. The smallest absolute Gasteiger partial charge is 0.0696 e. The first-order valence-electron chi connectivity index (χ1n) is 4.91. The van der Waals surface area contributed by atoms with E-state index in [0.29, 0.717) is 17.3 Å². The first-order valence-corrected chi connectivity index (χ1v) is 5.42. The predicted octanol–water partition coefficient (Wildman–Crippen LogP) is 2.76. The van der Waals surface area contributed by atoms with Crippen molar-refractivity contribution in [2.24, 2.45) is 11.8 Å². The average Bonchev–Trinajstić information content (AvgIpc) is 2.03. The van der Waals surface area contributed by atoms with Gasteiger partial charge in [-0.3, -0.25) is 0 Å². The molecule has 0 N–H and O–H groups in total. The Labute approximate surface area is 81.3 Å². The molecule has 0 spiro atoms. The first kappa shape index (κ1) is 10.4.